The quantitative estimate of drug-likeness (QED) is 0.691. The van der Waals surface area contributed by atoms with Crippen LogP contribution < -0.4 is 5.32 Å². The Balaban J connectivity index is 1.95. The molecule has 1 N–H and O–H groups in total. The normalized spacial score (nSPS) is 10.5. The molecule has 0 saturated carbocycles. The molecule has 5 heteroatoms. The molecule has 2 heterocycles. The first-order valence-electron chi connectivity index (χ1n) is 6.73. The van der Waals surface area contributed by atoms with Gasteiger partial charge in [0.25, 0.3) is 5.91 Å². The number of benzene rings is 1. The fraction of sp³-hybridized carbons (Fsp3) is 0.0588. The van der Waals surface area contributed by atoms with Crippen LogP contribution in [-0.2, 0) is 0 Å². The van der Waals surface area contributed by atoms with Crippen molar-refractivity contribution in [1.29, 1.82) is 0 Å². The van der Waals surface area contributed by atoms with Gasteiger partial charge in [0, 0.05) is 15.5 Å². The first-order valence-corrected chi connectivity index (χ1v) is 8.34. The molecule has 1 aromatic carbocycles. The number of hydrogen-bond acceptors (Lipinski definition) is 3. The van der Waals surface area contributed by atoms with E-state index in [1.54, 1.807) is 29.7 Å². The molecule has 110 valence electrons. The van der Waals surface area contributed by atoms with E-state index in [0.717, 1.165) is 15.0 Å². The predicted molar refractivity (Wildman–Crippen MR) is 94.4 cm³/mol. The zero-order valence-electron chi connectivity index (χ0n) is 11.8. The zero-order chi connectivity index (χ0) is 15.5. The summed E-state index contributed by atoms with van der Waals surface area (Å²) in [6, 6.07) is 15.1. The highest BCUT2D eigenvalue weighted by Crippen LogP contribution is 2.29. The van der Waals surface area contributed by atoms with Crippen LogP contribution >= 0.6 is 27.3 Å². The minimum atomic E-state index is -0.166. The van der Waals surface area contributed by atoms with Gasteiger partial charge in [-0.05, 0) is 59.3 Å². The second-order valence-electron chi connectivity index (χ2n) is 4.74. The number of anilines is 1. The van der Waals surface area contributed by atoms with Crippen molar-refractivity contribution in [1.82, 2.24) is 4.98 Å². The van der Waals surface area contributed by atoms with Gasteiger partial charge in [0.15, 0.2) is 0 Å². The topological polar surface area (TPSA) is 42.0 Å². The third kappa shape index (κ3) is 3.10. The molecular formula is C17H13BrN2OS. The van der Waals surface area contributed by atoms with Gasteiger partial charge in [0.1, 0.15) is 0 Å². The molecule has 0 saturated heterocycles. The van der Waals surface area contributed by atoms with Crippen molar-refractivity contribution in [2.45, 2.75) is 6.92 Å². The van der Waals surface area contributed by atoms with Crippen molar-refractivity contribution < 1.29 is 4.79 Å². The number of hydrogen-bond donors (Lipinski definition) is 1. The number of nitrogens with one attached hydrogen (secondary N) is 1. The molecule has 0 atom stereocenters. The second-order valence-corrected chi connectivity index (χ2v) is 6.89. The fourth-order valence-corrected chi connectivity index (χ4v) is 3.36. The van der Waals surface area contributed by atoms with E-state index in [2.05, 4.69) is 26.2 Å². The molecular weight excluding hydrogens is 360 g/mol. The van der Waals surface area contributed by atoms with E-state index in [1.807, 2.05) is 43.3 Å². The average Bonchev–Trinajstić information content (AvgIpc) is 2.96. The van der Waals surface area contributed by atoms with E-state index < -0.39 is 0 Å². The summed E-state index contributed by atoms with van der Waals surface area (Å²) in [6.45, 7) is 2.04. The molecule has 0 radical (unpaired) electrons. The first kappa shape index (κ1) is 14.9. The molecule has 0 unspecified atom stereocenters. The molecule has 3 nitrogen and oxygen atoms in total. The molecule has 2 aromatic heterocycles. The average molecular weight is 373 g/mol. The second kappa shape index (κ2) is 6.42. The largest absolute Gasteiger partial charge is 0.321 e. The van der Waals surface area contributed by atoms with Crippen LogP contribution in [-0.4, -0.2) is 10.9 Å². The minimum Gasteiger partial charge on any atom is -0.321 e. The number of amides is 1. The summed E-state index contributed by atoms with van der Waals surface area (Å²) >= 11 is 5.07. The maximum Gasteiger partial charge on any atom is 0.257 e. The number of para-hydroxylation sites is 1. The number of carbonyl (C=O) groups is 1. The molecule has 1 amide bonds. The Labute approximate surface area is 141 Å². The lowest BCUT2D eigenvalue weighted by atomic mass is 10.1. The fourth-order valence-electron chi connectivity index (χ4n) is 2.10. The lowest BCUT2D eigenvalue weighted by molar-refractivity contribution is 0.102. The van der Waals surface area contributed by atoms with Gasteiger partial charge in [0.05, 0.1) is 21.8 Å². The molecule has 0 aliphatic carbocycles. The smallest absolute Gasteiger partial charge is 0.257 e. The Morgan fingerprint density at radius 1 is 1.14 bits per heavy atom. The Morgan fingerprint density at radius 2 is 1.95 bits per heavy atom. The van der Waals surface area contributed by atoms with E-state index in [-0.39, 0.29) is 5.91 Å². The van der Waals surface area contributed by atoms with Gasteiger partial charge in [-0.1, -0.05) is 12.1 Å². The summed E-state index contributed by atoms with van der Waals surface area (Å²) in [7, 11) is 0. The molecule has 0 aliphatic heterocycles. The Kier molecular flexibility index (Phi) is 4.36. The Hall–Kier alpha value is -1.98. The lowest BCUT2D eigenvalue weighted by Crippen LogP contribution is -2.13. The number of aromatic nitrogens is 1. The third-order valence-electron chi connectivity index (χ3n) is 3.15. The summed E-state index contributed by atoms with van der Waals surface area (Å²) < 4.78 is 0.848. The maximum atomic E-state index is 12.6. The SMILES string of the molecule is Cc1ccc(-c2ncccc2C(=O)Nc2ccccc2Br)s1. The van der Waals surface area contributed by atoms with Crippen molar-refractivity contribution in [2.24, 2.45) is 0 Å². The molecule has 22 heavy (non-hydrogen) atoms. The van der Waals surface area contributed by atoms with Gasteiger partial charge in [0.2, 0.25) is 0 Å². The van der Waals surface area contributed by atoms with Crippen LogP contribution in [0.5, 0.6) is 0 Å². The zero-order valence-corrected chi connectivity index (χ0v) is 14.2. The van der Waals surface area contributed by atoms with E-state index in [1.165, 1.54) is 4.88 Å². The van der Waals surface area contributed by atoms with Crippen LogP contribution in [0.3, 0.4) is 0 Å². The number of pyridine rings is 1. The van der Waals surface area contributed by atoms with Gasteiger partial charge in [-0.15, -0.1) is 11.3 Å². The van der Waals surface area contributed by atoms with E-state index in [9.17, 15) is 4.79 Å². The Bertz CT molecular complexity index is 829. The number of thiophene rings is 1. The highest BCUT2D eigenvalue weighted by atomic mass is 79.9. The van der Waals surface area contributed by atoms with Gasteiger partial charge in [-0.25, -0.2) is 0 Å². The summed E-state index contributed by atoms with van der Waals surface area (Å²) in [5.74, 6) is -0.166. The van der Waals surface area contributed by atoms with Crippen LogP contribution in [0.4, 0.5) is 5.69 Å². The predicted octanol–water partition coefficient (Wildman–Crippen LogP) is 5.13. The van der Waals surface area contributed by atoms with Crippen LogP contribution in [0.1, 0.15) is 15.2 Å². The highest BCUT2D eigenvalue weighted by molar-refractivity contribution is 9.10. The molecule has 0 fully saturated rings. The molecule has 0 aliphatic rings. The van der Waals surface area contributed by atoms with Crippen LogP contribution in [0.25, 0.3) is 10.6 Å². The van der Waals surface area contributed by atoms with Crippen molar-refractivity contribution in [3.05, 3.63) is 69.6 Å². The first-order chi connectivity index (χ1) is 10.6. The summed E-state index contributed by atoms with van der Waals surface area (Å²) in [6.07, 6.45) is 1.71. The number of rotatable bonds is 3. The van der Waals surface area contributed by atoms with E-state index >= 15 is 0 Å². The molecule has 0 bridgehead atoms. The number of halogens is 1. The van der Waals surface area contributed by atoms with E-state index in [0.29, 0.717) is 11.3 Å². The van der Waals surface area contributed by atoms with Crippen molar-refractivity contribution in [3.63, 3.8) is 0 Å². The van der Waals surface area contributed by atoms with E-state index in [4.69, 9.17) is 0 Å². The van der Waals surface area contributed by atoms with Gasteiger partial charge < -0.3 is 5.32 Å². The van der Waals surface area contributed by atoms with Crippen LogP contribution in [0.15, 0.2) is 59.2 Å². The van der Waals surface area contributed by atoms with Crippen molar-refractivity contribution in [3.8, 4) is 10.6 Å². The molecule has 0 spiro atoms. The summed E-state index contributed by atoms with van der Waals surface area (Å²) in [5.41, 5.74) is 2.02. The van der Waals surface area contributed by atoms with Crippen LogP contribution in [0.2, 0.25) is 0 Å². The summed E-state index contributed by atoms with van der Waals surface area (Å²) in [4.78, 5) is 19.2. The lowest BCUT2D eigenvalue weighted by Gasteiger charge is -2.09. The van der Waals surface area contributed by atoms with Crippen LogP contribution in [0, 0.1) is 6.92 Å². The number of carbonyl (C=O) groups excluding carboxylic acids is 1. The molecule has 3 rings (SSSR count). The van der Waals surface area contributed by atoms with Gasteiger partial charge in [-0.3, -0.25) is 9.78 Å². The Morgan fingerprint density at radius 3 is 2.68 bits per heavy atom. The number of nitrogens with zero attached hydrogens (tertiary/aromatic N) is 1. The monoisotopic (exact) mass is 372 g/mol. The summed E-state index contributed by atoms with van der Waals surface area (Å²) in [5, 5.41) is 2.92. The van der Waals surface area contributed by atoms with Gasteiger partial charge in [-0.2, -0.15) is 0 Å². The third-order valence-corrected chi connectivity index (χ3v) is 4.85. The van der Waals surface area contributed by atoms with Crippen molar-refractivity contribution in [2.75, 3.05) is 5.32 Å². The van der Waals surface area contributed by atoms with Crippen molar-refractivity contribution >= 4 is 38.9 Å². The highest BCUT2D eigenvalue weighted by Gasteiger charge is 2.15. The van der Waals surface area contributed by atoms with Gasteiger partial charge >= 0.3 is 0 Å². The molecule has 3 aromatic rings. The maximum absolute atomic E-state index is 12.6. The minimum absolute atomic E-state index is 0.166. The number of aryl methyl sites for hydroxylation is 1. The standard InChI is InChI=1S/C17H13BrN2OS/c1-11-8-9-15(22-11)16-12(5-4-10-19-16)17(21)20-14-7-3-2-6-13(14)18/h2-10H,1H3,(H,20,21).